The van der Waals surface area contributed by atoms with E-state index in [4.69, 9.17) is 4.42 Å². The zero-order chi connectivity index (χ0) is 16.4. The van der Waals surface area contributed by atoms with Crippen molar-refractivity contribution in [3.8, 4) is 0 Å². The van der Waals surface area contributed by atoms with Gasteiger partial charge in [0.2, 0.25) is 0 Å². The molecule has 1 heterocycles. The normalized spacial score (nSPS) is 10.9. The van der Waals surface area contributed by atoms with Crippen LogP contribution in [0.5, 0.6) is 0 Å². The summed E-state index contributed by atoms with van der Waals surface area (Å²) in [6.07, 6.45) is 0.848. The van der Waals surface area contributed by atoms with Crippen molar-refractivity contribution >= 4 is 22.7 Å². The molecule has 3 aromatic rings. The molecule has 0 unspecified atom stereocenters. The van der Waals surface area contributed by atoms with Crippen LogP contribution < -0.4 is 11.1 Å². The van der Waals surface area contributed by atoms with Crippen molar-refractivity contribution in [1.82, 2.24) is 4.57 Å². The quantitative estimate of drug-likeness (QED) is 0.801. The lowest BCUT2D eigenvalue weighted by atomic mass is 10.1. The second-order valence-electron chi connectivity index (χ2n) is 5.47. The van der Waals surface area contributed by atoms with Gasteiger partial charge in [-0.1, -0.05) is 25.1 Å². The third-order valence-corrected chi connectivity index (χ3v) is 3.76. The highest BCUT2D eigenvalue weighted by molar-refractivity contribution is 6.05. The van der Waals surface area contributed by atoms with Crippen molar-refractivity contribution < 1.29 is 9.21 Å². The zero-order valence-corrected chi connectivity index (χ0v) is 13.1. The first-order chi connectivity index (χ1) is 11.1. The Labute approximate surface area is 133 Å². The third-order valence-electron chi connectivity index (χ3n) is 3.76. The highest BCUT2D eigenvalue weighted by atomic mass is 16.4. The van der Waals surface area contributed by atoms with Gasteiger partial charge in [-0.2, -0.15) is 0 Å². The van der Waals surface area contributed by atoms with E-state index in [0.717, 1.165) is 17.5 Å². The van der Waals surface area contributed by atoms with E-state index in [0.29, 0.717) is 23.4 Å². The average Bonchev–Trinajstić information content (AvgIpc) is 2.83. The summed E-state index contributed by atoms with van der Waals surface area (Å²) < 4.78 is 6.86. The summed E-state index contributed by atoms with van der Waals surface area (Å²) in [5, 5.41) is 2.84. The Balaban J connectivity index is 1.91. The number of fused-ring (bicyclic) bond motifs is 1. The van der Waals surface area contributed by atoms with Crippen molar-refractivity contribution in [2.75, 3.05) is 5.32 Å². The summed E-state index contributed by atoms with van der Waals surface area (Å²) in [4.78, 5) is 24.2. The van der Waals surface area contributed by atoms with E-state index in [9.17, 15) is 9.59 Å². The van der Waals surface area contributed by atoms with Crippen molar-refractivity contribution in [3.63, 3.8) is 0 Å². The zero-order valence-electron chi connectivity index (χ0n) is 13.1. The molecular weight excluding hydrogens is 292 g/mol. The van der Waals surface area contributed by atoms with Crippen LogP contribution in [0.2, 0.25) is 0 Å². The SMILES string of the molecule is CCCn1c(=O)oc2cc(NC(=O)c3ccccc3C)ccc21. The Hall–Kier alpha value is -2.82. The molecule has 0 spiro atoms. The van der Waals surface area contributed by atoms with E-state index < -0.39 is 0 Å². The number of anilines is 1. The van der Waals surface area contributed by atoms with E-state index in [1.54, 1.807) is 28.8 Å². The Kier molecular flexibility index (Phi) is 4.02. The molecule has 3 rings (SSSR count). The number of carbonyl (C=O) groups excluding carboxylic acids is 1. The van der Waals surface area contributed by atoms with E-state index in [1.807, 2.05) is 32.0 Å². The molecule has 1 aromatic heterocycles. The van der Waals surface area contributed by atoms with Gasteiger partial charge in [0.15, 0.2) is 5.58 Å². The van der Waals surface area contributed by atoms with Crippen LogP contribution in [0, 0.1) is 6.92 Å². The topological polar surface area (TPSA) is 64.2 Å². The van der Waals surface area contributed by atoms with Gasteiger partial charge in [0.05, 0.1) is 5.52 Å². The van der Waals surface area contributed by atoms with Gasteiger partial charge in [-0.15, -0.1) is 0 Å². The van der Waals surface area contributed by atoms with Crippen LogP contribution in [0.4, 0.5) is 5.69 Å². The number of nitrogens with one attached hydrogen (secondary N) is 1. The van der Waals surface area contributed by atoms with Crippen LogP contribution in [-0.2, 0) is 6.54 Å². The number of carbonyl (C=O) groups is 1. The number of hydrogen-bond donors (Lipinski definition) is 1. The number of nitrogens with zero attached hydrogens (tertiary/aromatic N) is 1. The van der Waals surface area contributed by atoms with E-state index in [1.165, 1.54) is 0 Å². The molecule has 0 bridgehead atoms. The molecule has 0 atom stereocenters. The minimum absolute atomic E-state index is 0.183. The van der Waals surface area contributed by atoms with Crippen LogP contribution in [0.15, 0.2) is 51.7 Å². The van der Waals surface area contributed by atoms with Gasteiger partial charge in [0, 0.05) is 23.9 Å². The summed E-state index contributed by atoms with van der Waals surface area (Å²) in [6.45, 7) is 4.50. The Bertz CT molecular complexity index is 921. The van der Waals surface area contributed by atoms with Gasteiger partial charge in [-0.3, -0.25) is 9.36 Å². The van der Waals surface area contributed by atoms with E-state index in [2.05, 4.69) is 5.32 Å². The molecule has 23 heavy (non-hydrogen) atoms. The minimum Gasteiger partial charge on any atom is -0.408 e. The smallest absolute Gasteiger partial charge is 0.408 e. The second kappa shape index (κ2) is 6.12. The monoisotopic (exact) mass is 310 g/mol. The number of hydrogen-bond acceptors (Lipinski definition) is 3. The summed E-state index contributed by atoms with van der Waals surface area (Å²) in [5.74, 6) is -0.554. The maximum absolute atomic E-state index is 12.3. The standard InChI is InChI=1S/C18H18N2O3/c1-3-10-20-15-9-8-13(11-16(15)23-18(20)22)19-17(21)14-7-5-4-6-12(14)2/h4-9,11H,3,10H2,1-2H3,(H,19,21). The van der Waals surface area contributed by atoms with Crippen molar-refractivity contribution in [2.45, 2.75) is 26.8 Å². The molecule has 0 aliphatic carbocycles. The predicted molar refractivity (Wildman–Crippen MR) is 89.9 cm³/mol. The fourth-order valence-corrected chi connectivity index (χ4v) is 2.61. The van der Waals surface area contributed by atoms with Crippen LogP contribution in [-0.4, -0.2) is 10.5 Å². The molecule has 0 fully saturated rings. The second-order valence-corrected chi connectivity index (χ2v) is 5.47. The maximum Gasteiger partial charge on any atom is 0.419 e. The summed E-state index contributed by atoms with van der Waals surface area (Å²) >= 11 is 0. The summed E-state index contributed by atoms with van der Waals surface area (Å²) in [7, 11) is 0. The number of rotatable bonds is 4. The van der Waals surface area contributed by atoms with Crippen molar-refractivity contribution in [2.24, 2.45) is 0 Å². The first-order valence-corrected chi connectivity index (χ1v) is 7.60. The molecule has 2 aromatic carbocycles. The molecule has 118 valence electrons. The molecular formula is C18H18N2O3. The van der Waals surface area contributed by atoms with Crippen LogP contribution in [0.3, 0.4) is 0 Å². The molecule has 1 amide bonds. The van der Waals surface area contributed by atoms with Gasteiger partial charge in [-0.05, 0) is 37.1 Å². The highest BCUT2D eigenvalue weighted by Crippen LogP contribution is 2.20. The molecule has 1 N–H and O–H groups in total. The average molecular weight is 310 g/mol. The van der Waals surface area contributed by atoms with Gasteiger partial charge in [-0.25, -0.2) is 4.79 Å². The molecule has 0 aliphatic heterocycles. The fourth-order valence-electron chi connectivity index (χ4n) is 2.61. The van der Waals surface area contributed by atoms with E-state index >= 15 is 0 Å². The molecule has 5 nitrogen and oxygen atoms in total. The van der Waals surface area contributed by atoms with Crippen molar-refractivity contribution in [3.05, 3.63) is 64.1 Å². The van der Waals surface area contributed by atoms with Gasteiger partial charge in [0.25, 0.3) is 5.91 Å². The number of amides is 1. The maximum atomic E-state index is 12.3. The summed E-state index contributed by atoms with van der Waals surface area (Å²) in [6, 6.07) is 12.6. The molecule has 0 aliphatic rings. The number of oxazole rings is 1. The van der Waals surface area contributed by atoms with Crippen LogP contribution in [0.25, 0.3) is 11.1 Å². The number of aromatic nitrogens is 1. The first kappa shape index (κ1) is 15.1. The lowest BCUT2D eigenvalue weighted by Crippen LogP contribution is -2.13. The Morgan fingerprint density at radius 1 is 1.22 bits per heavy atom. The van der Waals surface area contributed by atoms with Gasteiger partial charge in [0.1, 0.15) is 0 Å². The Morgan fingerprint density at radius 2 is 2.00 bits per heavy atom. The molecule has 0 saturated carbocycles. The Morgan fingerprint density at radius 3 is 2.74 bits per heavy atom. The molecule has 0 saturated heterocycles. The van der Waals surface area contributed by atoms with Crippen LogP contribution >= 0.6 is 0 Å². The number of aryl methyl sites for hydroxylation is 2. The highest BCUT2D eigenvalue weighted by Gasteiger charge is 2.12. The lowest BCUT2D eigenvalue weighted by molar-refractivity contribution is 0.102. The predicted octanol–water partition coefficient (Wildman–Crippen LogP) is 3.57. The summed E-state index contributed by atoms with van der Waals surface area (Å²) in [5.41, 5.74) is 3.35. The molecule has 5 heteroatoms. The molecule has 0 radical (unpaired) electrons. The van der Waals surface area contributed by atoms with E-state index in [-0.39, 0.29) is 11.7 Å². The van der Waals surface area contributed by atoms with Gasteiger partial charge >= 0.3 is 5.76 Å². The van der Waals surface area contributed by atoms with Crippen LogP contribution in [0.1, 0.15) is 29.3 Å². The number of benzene rings is 2. The largest absolute Gasteiger partial charge is 0.419 e. The van der Waals surface area contributed by atoms with Gasteiger partial charge < -0.3 is 9.73 Å². The van der Waals surface area contributed by atoms with Crippen molar-refractivity contribution in [1.29, 1.82) is 0 Å². The first-order valence-electron chi connectivity index (χ1n) is 7.60. The minimum atomic E-state index is -0.371. The lowest BCUT2D eigenvalue weighted by Gasteiger charge is -2.07. The fraction of sp³-hybridized carbons (Fsp3) is 0.222. The third kappa shape index (κ3) is 2.90.